The number of fused-ring (bicyclic) bond motifs is 1. The third kappa shape index (κ3) is 4.16. The summed E-state index contributed by atoms with van der Waals surface area (Å²) in [5, 5.41) is 1.47. The average molecular weight is 449 g/mol. The molecule has 5 rings (SSSR count). The van der Waals surface area contributed by atoms with Crippen molar-refractivity contribution in [1.82, 2.24) is 19.9 Å². The van der Waals surface area contributed by atoms with Crippen molar-refractivity contribution in [1.29, 1.82) is 0 Å². The maximum atomic E-state index is 13.0. The number of ether oxygens (including phenoxy) is 1. The Balaban J connectivity index is 1.27. The Kier molecular flexibility index (Phi) is 5.73. The van der Waals surface area contributed by atoms with E-state index in [0.717, 1.165) is 35.1 Å². The second-order valence-corrected chi connectivity index (χ2v) is 8.07. The van der Waals surface area contributed by atoms with Crippen LogP contribution < -0.4 is 4.74 Å². The molecule has 2 aromatic heterocycles. The highest BCUT2D eigenvalue weighted by Gasteiger charge is 2.33. The Bertz CT molecular complexity index is 1250. The van der Waals surface area contributed by atoms with Crippen LogP contribution >= 0.6 is 11.6 Å². The van der Waals surface area contributed by atoms with Crippen LogP contribution in [-0.2, 0) is 11.2 Å². The number of amides is 1. The molecule has 2 aromatic carbocycles. The Morgan fingerprint density at radius 3 is 2.88 bits per heavy atom. The lowest BCUT2D eigenvalue weighted by Gasteiger charge is -2.22. The van der Waals surface area contributed by atoms with Crippen LogP contribution in [0.5, 0.6) is 5.88 Å². The zero-order valence-electron chi connectivity index (χ0n) is 17.3. The van der Waals surface area contributed by atoms with Crippen LogP contribution in [0, 0.1) is 0 Å². The van der Waals surface area contributed by atoms with Gasteiger partial charge in [0.05, 0.1) is 17.1 Å². The van der Waals surface area contributed by atoms with Crippen LogP contribution in [0.2, 0.25) is 5.02 Å². The number of hydrogen-bond acceptors (Lipinski definition) is 6. The molecule has 162 valence electrons. The fourth-order valence-electron chi connectivity index (χ4n) is 4.02. The molecule has 32 heavy (non-hydrogen) atoms. The Morgan fingerprint density at radius 1 is 1.12 bits per heavy atom. The van der Waals surface area contributed by atoms with E-state index in [2.05, 4.69) is 15.0 Å². The fraction of sp³-hybridized carbons (Fsp3) is 0.250. The van der Waals surface area contributed by atoms with Crippen molar-refractivity contribution in [2.75, 3.05) is 13.2 Å². The van der Waals surface area contributed by atoms with Crippen LogP contribution in [-0.4, -0.2) is 38.9 Å². The third-order valence-corrected chi connectivity index (χ3v) is 5.96. The minimum atomic E-state index is -0.201. The second kappa shape index (κ2) is 8.96. The number of aromatic nitrogens is 3. The molecule has 1 fully saturated rings. The number of carbonyl (C=O) groups excluding carboxylic acids is 1. The van der Waals surface area contributed by atoms with Gasteiger partial charge in [0.1, 0.15) is 18.1 Å². The van der Waals surface area contributed by atoms with Gasteiger partial charge in [-0.2, -0.15) is 0 Å². The van der Waals surface area contributed by atoms with Crippen molar-refractivity contribution in [2.24, 2.45) is 0 Å². The predicted octanol–water partition coefficient (Wildman–Crippen LogP) is 4.60. The molecule has 4 aromatic rings. The molecule has 0 aliphatic carbocycles. The van der Waals surface area contributed by atoms with E-state index in [1.807, 2.05) is 48.5 Å². The Hall–Kier alpha value is -3.45. The zero-order valence-corrected chi connectivity index (χ0v) is 18.0. The van der Waals surface area contributed by atoms with E-state index in [9.17, 15) is 4.79 Å². The quantitative estimate of drug-likeness (QED) is 0.428. The first-order valence-corrected chi connectivity index (χ1v) is 10.9. The molecule has 0 spiro atoms. The van der Waals surface area contributed by atoms with E-state index < -0.39 is 0 Å². The molecule has 8 heteroatoms. The molecule has 1 atom stereocenters. The molecule has 3 heterocycles. The van der Waals surface area contributed by atoms with Gasteiger partial charge >= 0.3 is 0 Å². The molecule has 0 radical (unpaired) electrons. The molecule has 1 unspecified atom stereocenters. The average Bonchev–Trinajstić information content (AvgIpc) is 3.48. The first kappa shape index (κ1) is 20.5. The number of oxazole rings is 1. The van der Waals surface area contributed by atoms with Crippen LogP contribution in [0.4, 0.5) is 0 Å². The Morgan fingerprint density at radius 2 is 1.97 bits per heavy atom. The summed E-state index contributed by atoms with van der Waals surface area (Å²) in [5.74, 6) is 1.54. The molecule has 1 saturated heterocycles. The molecular formula is C24H21ClN4O3. The van der Waals surface area contributed by atoms with Crippen LogP contribution in [0.3, 0.4) is 0 Å². The standard InChI is InChI=1S/C24H21ClN4O3/c25-19-8-3-1-6-16(19)12-17-13-26-24(32-17)21-10-5-11-29(21)22(30)14-31-23-18-7-2-4-9-20(18)27-15-28-23/h1-4,6-9,13,15,21H,5,10-12,14H2. The SMILES string of the molecule is O=C(COc1ncnc2ccccc12)N1CCCC1c1ncc(Cc2ccccc2Cl)o1. The molecule has 7 nitrogen and oxygen atoms in total. The van der Waals surface area contributed by atoms with E-state index in [-0.39, 0.29) is 18.6 Å². The molecule has 0 bridgehead atoms. The smallest absolute Gasteiger partial charge is 0.261 e. The zero-order chi connectivity index (χ0) is 21.9. The summed E-state index contributed by atoms with van der Waals surface area (Å²) in [6.07, 6.45) is 5.39. The van der Waals surface area contributed by atoms with Gasteiger partial charge in [-0.3, -0.25) is 4.79 Å². The Labute approximate surface area is 190 Å². The number of rotatable bonds is 6. The van der Waals surface area contributed by atoms with Gasteiger partial charge in [-0.25, -0.2) is 15.0 Å². The van der Waals surface area contributed by atoms with Crippen molar-refractivity contribution in [2.45, 2.75) is 25.3 Å². The lowest BCUT2D eigenvalue weighted by atomic mass is 10.1. The van der Waals surface area contributed by atoms with E-state index in [1.165, 1.54) is 6.33 Å². The van der Waals surface area contributed by atoms with Gasteiger partial charge in [0.2, 0.25) is 11.8 Å². The lowest BCUT2D eigenvalue weighted by Crippen LogP contribution is -2.34. The lowest BCUT2D eigenvalue weighted by molar-refractivity contribution is -0.134. The van der Waals surface area contributed by atoms with Crippen molar-refractivity contribution in [3.05, 3.63) is 83.3 Å². The molecule has 1 aliphatic rings. The molecule has 1 aliphatic heterocycles. The van der Waals surface area contributed by atoms with Gasteiger partial charge in [-0.1, -0.05) is 41.9 Å². The van der Waals surface area contributed by atoms with Gasteiger partial charge in [-0.05, 0) is 36.6 Å². The van der Waals surface area contributed by atoms with E-state index in [0.29, 0.717) is 29.8 Å². The highest BCUT2D eigenvalue weighted by atomic mass is 35.5. The minimum Gasteiger partial charge on any atom is -0.467 e. The highest BCUT2D eigenvalue weighted by Crippen LogP contribution is 2.32. The summed E-state index contributed by atoms with van der Waals surface area (Å²) in [6.45, 7) is 0.532. The van der Waals surface area contributed by atoms with Crippen molar-refractivity contribution in [3.8, 4) is 5.88 Å². The van der Waals surface area contributed by atoms with E-state index in [4.69, 9.17) is 20.8 Å². The van der Waals surface area contributed by atoms with Gasteiger partial charge in [-0.15, -0.1) is 0 Å². The van der Waals surface area contributed by atoms with Crippen LogP contribution in [0.25, 0.3) is 10.9 Å². The number of nitrogens with zero attached hydrogens (tertiary/aromatic N) is 4. The number of likely N-dealkylation sites (tertiary alicyclic amines) is 1. The number of carbonyl (C=O) groups is 1. The first-order valence-electron chi connectivity index (χ1n) is 10.5. The van der Waals surface area contributed by atoms with Crippen molar-refractivity contribution in [3.63, 3.8) is 0 Å². The summed E-state index contributed by atoms with van der Waals surface area (Å²) >= 11 is 6.26. The van der Waals surface area contributed by atoms with Gasteiger partial charge in [0, 0.05) is 18.0 Å². The predicted molar refractivity (Wildman–Crippen MR) is 119 cm³/mol. The summed E-state index contributed by atoms with van der Waals surface area (Å²) in [4.78, 5) is 27.6. The first-order chi connectivity index (χ1) is 15.7. The minimum absolute atomic E-state index is 0.106. The topological polar surface area (TPSA) is 81.4 Å². The third-order valence-electron chi connectivity index (χ3n) is 5.59. The van der Waals surface area contributed by atoms with Gasteiger partial charge < -0.3 is 14.1 Å². The van der Waals surface area contributed by atoms with E-state index >= 15 is 0 Å². The maximum Gasteiger partial charge on any atom is 0.261 e. The number of para-hydroxylation sites is 1. The van der Waals surface area contributed by atoms with Gasteiger partial charge in [0.15, 0.2) is 6.61 Å². The fourth-order valence-corrected chi connectivity index (χ4v) is 4.22. The maximum absolute atomic E-state index is 13.0. The number of halogens is 1. The van der Waals surface area contributed by atoms with Gasteiger partial charge in [0.25, 0.3) is 5.91 Å². The normalized spacial score (nSPS) is 15.9. The van der Waals surface area contributed by atoms with Crippen LogP contribution in [0.1, 0.15) is 36.1 Å². The summed E-state index contributed by atoms with van der Waals surface area (Å²) < 4.78 is 11.8. The summed E-state index contributed by atoms with van der Waals surface area (Å²) in [6, 6.07) is 15.0. The van der Waals surface area contributed by atoms with E-state index in [1.54, 1.807) is 11.1 Å². The summed E-state index contributed by atoms with van der Waals surface area (Å²) in [5.41, 5.74) is 1.75. The number of benzene rings is 2. The highest BCUT2D eigenvalue weighted by molar-refractivity contribution is 6.31. The molecule has 1 amide bonds. The van der Waals surface area contributed by atoms with Crippen molar-refractivity contribution < 1.29 is 13.9 Å². The van der Waals surface area contributed by atoms with Crippen molar-refractivity contribution >= 4 is 28.4 Å². The molecule has 0 N–H and O–H groups in total. The molecular weight excluding hydrogens is 428 g/mol. The largest absolute Gasteiger partial charge is 0.467 e. The van der Waals surface area contributed by atoms with Crippen LogP contribution in [0.15, 0.2) is 65.5 Å². The summed E-state index contributed by atoms with van der Waals surface area (Å²) in [7, 11) is 0. The monoisotopic (exact) mass is 448 g/mol. The number of hydrogen-bond donors (Lipinski definition) is 0. The molecule has 0 saturated carbocycles. The second-order valence-electron chi connectivity index (χ2n) is 7.66.